The highest BCUT2D eigenvalue weighted by Gasteiger charge is 2.32. The van der Waals surface area contributed by atoms with Crippen LogP contribution in [0.25, 0.3) is 0 Å². The summed E-state index contributed by atoms with van der Waals surface area (Å²) in [4.78, 5) is 27.3. The first kappa shape index (κ1) is 26.0. The predicted molar refractivity (Wildman–Crippen MR) is 129 cm³/mol. The van der Waals surface area contributed by atoms with E-state index in [1.54, 1.807) is 6.92 Å². The van der Waals surface area contributed by atoms with Gasteiger partial charge in [-0.25, -0.2) is 8.42 Å². The second-order valence-electron chi connectivity index (χ2n) is 7.41. The lowest BCUT2D eigenvalue weighted by molar-refractivity contribution is -0.140. The number of sulfonamides is 1. The maximum absolute atomic E-state index is 13.4. The summed E-state index contributed by atoms with van der Waals surface area (Å²) in [5.74, 6) is -0.873. The molecule has 0 heterocycles. The van der Waals surface area contributed by atoms with Crippen molar-refractivity contribution < 1.29 is 18.0 Å². The van der Waals surface area contributed by atoms with E-state index in [-0.39, 0.29) is 28.2 Å². The molecule has 2 aromatic carbocycles. The second-order valence-corrected chi connectivity index (χ2v) is 10.2. The van der Waals surface area contributed by atoms with Crippen LogP contribution < -0.4 is 9.62 Å². The molecule has 0 radical (unpaired) electrons. The lowest BCUT2D eigenvalue weighted by atomic mass is 10.1. The molecular weight excluding hydrogens is 473 g/mol. The van der Waals surface area contributed by atoms with Crippen molar-refractivity contribution in [1.29, 1.82) is 0 Å². The van der Waals surface area contributed by atoms with Gasteiger partial charge in [0.05, 0.1) is 17.0 Å². The van der Waals surface area contributed by atoms with E-state index in [0.29, 0.717) is 6.42 Å². The third kappa shape index (κ3) is 6.60. The lowest BCUT2D eigenvalue weighted by Crippen LogP contribution is -2.51. The molecule has 7 nitrogen and oxygen atoms in total. The van der Waals surface area contributed by atoms with E-state index >= 15 is 0 Å². The molecule has 0 fully saturated rings. The van der Waals surface area contributed by atoms with Crippen molar-refractivity contribution in [3.63, 3.8) is 0 Å². The van der Waals surface area contributed by atoms with Crippen LogP contribution in [0, 0.1) is 6.92 Å². The van der Waals surface area contributed by atoms with E-state index in [2.05, 4.69) is 5.32 Å². The molecule has 10 heteroatoms. The first-order chi connectivity index (χ1) is 15.0. The number of carbonyl (C=O) groups is 2. The highest BCUT2D eigenvalue weighted by Crippen LogP contribution is 2.31. The topological polar surface area (TPSA) is 86.8 Å². The smallest absolute Gasteiger partial charge is 0.244 e. The maximum atomic E-state index is 13.4. The van der Waals surface area contributed by atoms with Gasteiger partial charge in [0.2, 0.25) is 21.8 Å². The molecule has 1 N–H and O–H groups in total. The number of amides is 2. The molecule has 2 aromatic rings. The number of hydrogen-bond donors (Lipinski definition) is 1. The number of halogens is 2. The summed E-state index contributed by atoms with van der Waals surface area (Å²) < 4.78 is 26.0. The van der Waals surface area contributed by atoms with Crippen LogP contribution in [0.5, 0.6) is 0 Å². The normalized spacial score (nSPS) is 12.2. The number of benzene rings is 2. The van der Waals surface area contributed by atoms with Crippen LogP contribution in [0.1, 0.15) is 24.5 Å². The number of rotatable bonds is 9. The Balaban J connectivity index is 2.46. The van der Waals surface area contributed by atoms with Crippen molar-refractivity contribution in [1.82, 2.24) is 10.2 Å². The highest BCUT2D eigenvalue weighted by molar-refractivity contribution is 7.92. The molecule has 0 spiro atoms. The summed E-state index contributed by atoms with van der Waals surface area (Å²) in [7, 11) is -2.39. The van der Waals surface area contributed by atoms with Crippen molar-refractivity contribution >= 4 is 50.7 Å². The number of nitrogens with zero attached hydrogens (tertiary/aromatic N) is 2. The minimum atomic E-state index is -3.88. The standard InChI is InChI=1S/C22H27Cl2N3O4S/c1-5-19(22(29)25-3)26(13-16-8-6-15(2)7-9-16)21(28)14-27(32(4,30)31)20-12-17(23)10-11-18(20)24/h6-12,19H,5,13-14H2,1-4H3,(H,25,29). The maximum Gasteiger partial charge on any atom is 0.244 e. The van der Waals surface area contributed by atoms with Crippen LogP contribution >= 0.6 is 23.2 Å². The zero-order valence-electron chi connectivity index (χ0n) is 18.4. The summed E-state index contributed by atoms with van der Waals surface area (Å²) in [6.45, 7) is 3.35. The van der Waals surface area contributed by atoms with Crippen LogP contribution in [0.15, 0.2) is 42.5 Å². The fourth-order valence-electron chi connectivity index (χ4n) is 3.25. The van der Waals surface area contributed by atoms with E-state index in [9.17, 15) is 18.0 Å². The summed E-state index contributed by atoms with van der Waals surface area (Å²) in [6.07, 6.45) is 1.34. The van der Waals surface area contributed by atoms with E-state index in [0.717, 1.165) is 21.7 Å². The van der Waals surface area contributed by atoms with Gasteiger partial charge in [-0.1, -0.05) is 60.0 Å². The largest absolute Gasteiger partial charge is 0.357 e. The third-order valence-corrected chi connectivity index (χ3v) is 6.64. The van der Waals surface area contributed by atoms with E-state index in [1.165, 1.54) is 30.1 Å². The molecule has 0 aliphatic rings. The van der Waals surface area contributed by atoms with Gasteiger partial charge in [0.1, 0.15) is 12.6 Å². The monoisotopic (exact) mass is 499 g/mol. The first-order valence-corrected chi connectivity index (χ1v) is 12.6. The number of anilines is 1. The molecule has 1 atom stereocenters. The molecule has 0 aromatic heterocycles. The Morgan fingerprint density at radius 3 is 2.25 bits per heavy atom. The number of likely N-dealkylation sites (N-methyl/N-ethyl adjacent to an activating group) is 1. The van der Waals surface area contributed by atoms with Gasteiger partial charge in [-0.05, 0) is 37.1 Å². The first-order valence-electron chi connectivity index (χ1n) is 9.97. The van der Waals surface area contributed by atoms with E-state index < -0.39 is 28.5 Å². The second kappa shape index (κ2) is 11.0. The zero-order chi connectivity index (χ0) is 24.1. The Morgan fingerprint density at radius 1 is 1.09 bits per heavy atom. The zero-order valence-corrected chi connectivity index (χ0v) is 20.8. The van der Waals surface area contributed by atoms with Crippen LogP contribution in [0.4, 0.5) is 5.69 Å². The molecule has 174 valence electrons. The van der Waals surface area contributed by atoms with Gasteiger partial charge >= 0.3 is 0 Å². The molecule has 0 saturated heterocycles. The van der Waals surface area contributed by atoms with Crippen LogP contribution in [0.2, 0.25) is 10.0 Å². The molecule has 0 aliphatic heterocycles. The quantitative estimate of drug-likeness (QED) is 0.570. The number of aryl methyl sites for hydroxylation is 1. The van der Waals surface area contributed by atoms with Gasteiger partial charge in [0.25, 0.3) is 0 Å². The van der Waals surface area contributed by atoms with Crippen LogP contribution in [0.3, 0.4) is 0 Å². The van der Waals surface area contributed by atoms with Gasteiger partial charge < -0.3 is 10.2 Å². The molecule has 32 heavy (non-hydrogen) atoms. The summed E-state index contributed by atoms with van der Waals surface area (Å²) in [5.41, 5.74) is 1.97. The van der Waals surface area contributed by atoms with Crippen molar-refractivity contribution in [2.45, 2.75) is 32.9 Å². The minimum absolute atomic E-state index is 0.0956. The Bertz CT molecular complexity index is 1080. The molecular formula is C22H27Cl2N3O4S. The van der Waals surface area contributed by atoms with Crippen molar-refractivity contribution in [3.8, 4) is 0 Å². The van der Waals surface area contributed by atoms with Gasteiger partial charge in [0, 0.05) is 18.6 Å². The van der Waals surface area contributed by atoms with Gasteiger partial charge in [-0.15, -0.1) is 0 Å². The number of carbonyl (C=O) groups excluding carboxylic acids is 2. The Hall–Kier alpha value is -2.29. The van der Waals surface area contributed by atoms with Crippen molar-refractivity contribution in [2.24, 2.45) is 0 Å². The van der Waals surface area contributed by atoms with Gasteiger partial charge in [-0.2, -0.15) is 0 Å². The molecule has 2 rings (SSSR count). The summed E-state index contributed by atoms with van der Waals surface area (Å²) in [6, 6.07) is 11.2. The average molecular weight is 500 g/mol. The van der Waals surface area contributed by atoms with E-state index in [4.69, 9.17) is 23.2 Å². The highest BCUT2D eigenvalue weighted by atomic mass is 35.5. The molecule has 1 unspecified atom stereocenters. The molecule has 0 saturated carbocycles. The number of hydrogen-bond acceptors (Lipinski definition) is 4. The minimum Gasteiger partial charge on any atom is -0.357 e. The fourth-order valence-corrected chi connectivity index (χ4v) is 4.54. The Labute approximate surface area is 199 Å². The Kier molecular flexibility index (Phi) is 8.95. The summed E-state index contributed by atoms with van der Waals surface area (Å²) in [5, 5.41) is 2.99. The van der Waals surface area contributed by atoms with Gasteiger partial charge in [-0.3, -0.25) is 13.9 Å². The molecule has 0 aliphatic carbocycles. The third-order valence-electron chi connectivity index (χ3n) is 4.96. The van der Waals surface area contributed by atoms with Crippen molar-refractivity contribution in [2.75, 3.05) is 24.2 Å². The van der Waals surface area contributed by atoms with Crippen LogP contribution in [-0.4, -0.2) is 51.0 Å². The number of nitrogens with one attached hydrogen (secondary N) is 1. The predicted octanol–water partition coefficient (Wildman–Crippen LogP) is 3.62. The molecule has 0 bridgehead atoms. The summed E-state index contributed by atoms with van der Waals surface area (Å²) >= 11 is 12.2. The van der Waals surface area contributed by atoms with Crippen LogP contribution in [-0.2, 0) is 26.2 Å². The Morgan fingerprint density at radius 2 is 1.72 bits per heavy atom. The van der Waals surface area contributed by atoms with Crippen molar-refractivity contribution in [3.05, 3.63) is 63.6 Å². The van der Waals surface area contributed by atoms with E-state index in [1.807, 2.05) is 31.2 Å². The lowest BCUT2D eigenvalue weighted by Gasteiger charge is -2.32. The SMILES string of the molecule is CCC(C(=O)NC)N(Cc1ccc(C)cc1)C(=O)CN(c1cc(Cl)ccc1Cl)S(C)(=O)=O. The van der Waals surface area contributed by atoms with Gasteiger partial charge in [0.15, 0.2) is 0 Å². The average Bonchev–Trinajstić information content (AvgIpc) is 2.73. The molecule has 2 amide bonds. The fraction of sp³-hybridized carbons (Fsp3) is 0.364.